The molecule has 2 aliphatic heterocycles. The Morgan fingerprint density at radius 3 is 3.05 bits per heavy atom. The van der Waals surface area contributed by atoms with Gasteiger partial charge in [0.25, 0.3) is 0 Å². The highest BCUT2D eigenvalue weighted by atomic mass is 32.2. The number of rotatable bonds is 3. The lowest BCUT2D eigenvalue weighted by atomic mass is 10.0. The Kier molecular flexibility index (Phi) is 3.55. The maximum Gasteiger partial charge on any atom is 0.228 e. The molecule has 0 amide bonds. The first-order chi connectivity index (χ1) is 9.47. The highest BCUT2D eigenvalue weighted by Gasteiger charge is 2.37. The van der Waals surface area contributed by atoms with Crippen LogP contribution in [0.3, 0.4) is 0 Å². The van der Waals surface area contributed by atoms with Crippen LogP contribution in [-0.2, 0) is 26.6 Å². The molecule has 112 valence electrons. The van der Waals surface area contributed by atoms with Gasteiger partial charge in [0.15, 0.2) is 9.84 Å². The van der Waals surface area contributed by atoms with E-state index in [9.17, 15) is 8.42 Å². The zero-order valence-corrected chi connectivity index (χ0v) is 12.3. The largest absolute Gasteiger partial charge is 0.367 e. The van der Waals surface area contributed by atoms with E-state index in [1.807, 2.05) is 6.92 Å². The number of aromatic nitrogens is 2. The first-order valence-corrected chi connectivity index (χ1v) is 8.70. The Balaban J connectivity index is 1.68. The number of sulfone groups is 1. The molecule has 1 N–H and O–H groups in total. The lowest BCUT2D eigenvalue weighted by Crippen LogP contribution is -2.46. The van der Waals surface area contributed by atoms with E-state index < -0.39 is 15.4 Å². The predicted octanol–water partition coefficient (Wildman–Crippen LogP) is 0.0243. The average Bonchev–Trinajstić information content (AvgIpc) is 2.98. The first-order valence-electron chi connectivity index (χ1n) is 6.88. The Labute approximate surface area is 118 Å². The van der Waals surface area contributed by atoms with Crippen molar-refractivity contribution in [2.45, 2.75) is 37.8 Å². The van der Waals surface area contributed by atoms with Crippen molar-refractivity contribution in [1.82, 2.24) is 15.5 Å². The highest BCUT2D eigenvalue weighted by Crippen LogP contribution is 2.33. The van der Waals surface area contributed by atoms with Crippen LogP contribution in [0.5, 0.6) is 0 Å². The third-order valence-electron chi connectivity index (χ3n) is 3.88. The van der Waals surface area contributed by atoms with E-state index in [1.54, 1.807) is 0 Å². The van der Waals surface area contributed by atoms with Gasteiger partial charge in [-0.2, -0.15) is 4.98 Å². The molecule has 0 aromatic carbocycles. The van der Waals surface area contributed by atoms with Crippen LogP contribution in [0.25, 0.3) is 0 Å². The first kappa shape index (κ1) is 14.0. The fourth-order valence-electron chi connectivity index (χ4n) is 2.72. The molecule has 20 heavy (non-hydrogen) atoms. The predicted molar refractivity (Wildman–Crippen MR) is 71.0 cm³/mol. The van der Waals surface area contributed by atoms with Crippen molar-refractivity contribution in [2.75, 3.05) is 24.7 Å². The van der Waals surface area contributed by atoms with Gasteiger partial charge in [-0.1, -0.05) is 5.16 Å². The van der Waals surface area contributed by atoms with Crippen molar-refractivity contribution in [3.63, 3.8) is 0 Å². The van der Waals surface area contributed by atoms with Crippen LogP contribution in [0.15, 0.2) is 4.52 Å². The summed E-state index contributed by atoms with van der Waals surface area (Å²) in [5, 5.41) is 7.16. The molecule has 2 atom stereocenters. The molecule has 0 aliphatic carbocycles. The summed E-state index contributed by atoms with van der Waals surface area (Å²) in [4.78, 5) is 4.37. The van der Waals surface area contributed by atoms with Gasteiger partial charge in [-0.15, -0.1) is 0 Å². The van der Waals surface area contributed by atoms with Crippen LogP contribution in [0.1, 0.15) is 31.5 Å². The summed E-state index contributed by atoms with van der Waals surface area (Å²) in [6.45, 7) is 3.15. The molecule has 3 rings (SSSR count). The summed E-state index contributed by atoms with van der Waals surface area (Å²) in [6.07, 6.45) is 2.30. The van der Waals surface area contributed by atoms with Crippen LogP contribution >= 0.6 is 0 Å². The highest BCUT2D eigenvalue weighted by molar-refractivity contribution is 7.91. The third-order valence-corrected chi connectivity index (χ3v) is 5.62. The molecule has 0 saturated carbocycles. The van der Waals surface area contributed by atoms with Crippen molar-refractivity contribution in [3.05, 3.63) is 11.7 Å². The molecule has 7 nitrogen and oxygen atoms in total. The monoisotopic (exact) mass is 301 g/mol. The van der Waals surface area contributed by atoms with Crippen LogP contribution in [0, 0.1) is 0 Å². The van der Waals surface area contributed by atoms with Crippen molar-refractivity contribution in [1.29, 1.82) is 0 Å². The minimum absolute atomic E-state index is 0.123. The van der Waals surface area contributed by atoms with Gasteiger partial charge in [0.05, 0.1) is 11.5 Å². The second-order valence-electron chi connectivity index (χ2n) is 5.66. The maximum absolute atomic E-state index is 11.6. The van der Waals surface area contributed by atoms with Gasteiger partial charge in [-0.25, -0.2) is 8.42 Å². The summed E-state index contributed by atoms with van der Waals surface area (Å²) in [6, 6.07) is -0.153. The summed E-state index contributed by atoms with van der Waals surface area (Å²) in [5.41, 5.74) is -0.464. The number of nitrogens with zero attached hydrogens (tertiary/aromatic N) is 2. The van der Waals surface area contributed by atoms with Crippen LogP contribution in [-0.4, -0.2) is 49.3 Å². The number of hydrogen-bond donors (Lipinski definition) is 1. The lowest BCUT2D eigenvalue weighted by molar-refractivity contribution is 0.00768. The minimum atomic E-state index is -2.95. The van der Waals surface area contributed by atoms with Crippen molar-refractivity contribution in [2.24, 2.45) is 0 Å². The number of hydrogen-bond acceptors (Lipinski definition) is 7. The molecule has 0 bridgehead atoms. The van der Waals surface area contributed by atoms with Crippen molar-refractivity contribution < 1.29 is 17.7 Å². The smallest absolute Gasteiger partial charge is 0.228 e. The van der Waals surface area contributed by atoms with E-state index >= 15 is 0 Å². The second-order valence-corrected chi connectivity index (χ2v) is 7.89. The molecular weight excluding hydrogens is 282 g/mol. The average molecular weight is 301 g/mol. The normalized spacial score (nSPS) is 33.4. The fraction of sp³-hybridized carbons (Fsp3) is 0.833. The molecule has 0 radical (unpaired) electrons. The molecule has 2 fully saturated rings. The molecule has 1 aromatic rings. The van der Waals surface area contributed by atoms with E-state index in [4.69, 9.17) is 9.26 Å². The zero-order valence-electron chi connectivity index (χ0n) is 11.5. The Morgan fingerprint density at radius 2 is 2.35 bits per heavy atom. The van der Waals surface area contributed by atoms with Gasteiger partial charge in [0, 0.05) is 25.6 Å². The maximum atomic E-state index is 11.6. The van der Waals surface area contributed by atoms with Crippen LogP contribution in [0.2, 0.25) is 0 Å². The van der Waals surface area contributed by atoms with E-state index in [0.717, 1.165) is 12.8 Å². The van der Waals surface area contributed by atoms with Gasteiger partial charge in [0.2, 0.25) is 11.7 Å². The molecular formula is C12H19N3O4S. The zero-order chi connectivity index (χ0) is 14.2. The van der Waals surface area contributed by atoms with E-state index in [0.29, 0.717) is 31.3 Å². The van der Waals surface area contributed by atoms with Gasteiger partial charge in [-0.05, 0) is 19.8 Å². The fourth-order valence-corrected chi connectivity index (χ4v) is 4.16. The Morgan fingerprint density at radius 1 is 1.50 bits per heavy atom. The molecule has 1 aromatic heterocycles. The number of nitrogens with one attached hydrogen (secondary N) is 1. The van der Waals surface area contributed by atoms with Crippen LogP contribution in [0.4, 0.5) is 0 Å². The van der Waals surface area contributed by atoms with E-state index in [-0.39, 0.29) is 17.5 Å². The molecule has 2 saturated heterocycles. The molecule has 2 unspecified atom stereocenters. The SMILES string of the molecule is CC1(c2noc(CC3CS(=O)(=O)CCN3)n2)CCCO1. The van der Waals surface area contributed by atoms with Gasteiger partial charge in [-0.3, -0.25) is 0 Å². The van der Waals surface area contributed by atoms with Gasteiger partial charge >= 0.3 is 0 Å². The molecule has 0 spiro atoms. The third kappa shape index (κ3) is 2.87. The molecule has 3 heterocycles. The summed E-state index contributed by atoms with van der Waals surface area (Å²) < 4.78 is 34.1. The van der Waals surface area contributed by atoms with Crippen molar-refractivity contribution >= 4 is 9.84 Å². The van der Waals surface area contributed by atoms with Gasteiger partial charge in [0.1, 0.15) is 5.60 Å². The summed E-state index contributed by atoms with van der Waals surface area (Å²) in [5.74, 6) is 1.35. The molecule has 8 heteroatoms. The summed E-state index contributed by atoms with van der Waals surface area (Å²) in [7, 11) is -2.95. The Bertz CT molecular complexity index is 577. The lowest BCUT2D eigenvalue weighted by Gasteiger charge is -2.22. The van der Waals surface area contributed by atoms with Crippen molar-refractivity contribution in [3.8, 4) is 0 Å². The Hall–Kier alpha value is -0.990. The molecule has 2 aliphatic rings. The second kappa shape index (κ2) is 5.09. The van der Waals surface area contributed by atoms with Gasteiger partial charge < -0.3 is 14.6 Å². The summed E-state index contributed by atoms with van der Waals surface area (Å²) >= 11 is 0. The standard InChI is InChI=1S/C12H19N3O4S/c1-12(3-2-5-18-12)11-14-10(19-15-11)7-9-8-20(16,17)6-4-13-9/h9,13H,2-8H2,1H3. The van der Waals surface area contributed by atoms with E-state index in [1.165, 1.54) is 0 Å². The number of ether oxygens (including phenoxy) is 1. The quantitative estimate of drug-likeness (QED) is 0.841. The topological polar surface area (TPSA) is 94.3 Å². The van der Waals surface area contributed by atoms with Crippen LogP contribution < -0.4 is 5.32 Å². The van der Waals surface area contributed by atoms with E-state index in [2.05, 4.69) is 15.5 Å². The minimum Gasteiger partial charge on any atom is -0.367 e.